The molecule has 2 aromatic rings. The van der Waals surface area contributed by atoms with Gasteiger partial charge in [0.2, 0.25) is 10.0 Å². The van der Waals surface area contributed by atoms with Gasteiger partial charge in [-0.05, 0) is 48.4 Å². The van der Waals surface area contributed by atoms with E-state index in [0.29, 0.717) is 6.54 Å². The first-order valence-electron chi connectivity index (χ1n) is 5.98. The molecule has 0 aliphatic carbocycles. The van der Waals surface area contributed by atoms with Crippen LogP contribution in [0.3, 0.4) is 0 Å². The number of sulfonamides is 1. The van der Waals surface area contributed by atoms with Gasteiger partial charge in [-0.25, -0.2) is 13.6 Å². The fraction of sp³-hybridized carbons (Fsp3) is 0.143. The Kier molecular flexibility index (Phi) is 4.47. The topological polar surface area (TPSA) is 72.2 Å². The zero-order chi connectivity index (χ0) is 14.8. The minimum Gasteiger partial charge on any atom is -0.381 e. The summed E-state index contributed by atoms with van der Waals surface area (Å²) in [7, 11) is -3.63. The van der Waals surface area contributed by atoms with Crippen LogP contribution in [0.5, 0.6) is 0 Å². The van der Waals surface area contributed by atoms with Gasteiger partial charge in [0.1, 0.15) is 0 Å². The maximum Gasteiger partial charge on any atom is 0.238 e. The van der Waals surface area contributed by atoms with E-state index >= 15 is 0 Å². The predicted molar refractivity (Wildman–Crippen MR) is 84.0 cm³/mol. The number of benzene rings is 2. The van der Waals surface area contributed by atoms with Crippen molar-refractivity contribution in [3.05, 3.63) is 58.1 Å². The number of hydrogen-bond donors (Lipinski definition) is 2. The van der Waals surface area contributed by atoms with Crippen LogP contribution in [0.1, 0.15) is 11.1 Å². The molecule has 0 aliphatic heterocycles. The van der Waals surface area contributed by atoms with Crippen molar-refractivity contribution in [2.45, 2.75) is 18.4 Å². The molecule has 106 valence electrons. The lowest BCUT2D eigenvalue weighted by molar-refractivity contribution is 0.598. The summed E-state index contributed by atoms with van der Waals surface area (Å²) in [6, 6.07) is 12.5. The van der Waals surface area contributed by atoms with Crippen molar-refractivity contribution >= 4 is 31.6 Å². The van der Waals surface area contributed by atoms with E-state index in [-0.39, 0.29) is 4.90 Å². The van der Waals surface area contributed by atoms with Gasteiger partial charge in [0.15, 0.2) is 0 Å². The minimum atomic E-state index is -3.63. The van der Waals surface area contributed by atoms with Crippen molar-refractivity contribution in [1.82, 2.24) is 0 Å². The van der Waals surface area contributed by atoms with Crippen LogP contribution in [0.2, 0.25) is 0 Å². The molecule has 0 amide bonds. The molecule has 0 aromatic heterocycles. The molecule has 0 spiro atoms. The first-order valence-corrected chi connectivity index (χ1v) is 8.32. The molecule has 0 saturated carbocycles. The van der Waals surface area contributed by atoms with E-state index in [9.17, 15) is 8.42 Å². The summed E-state index contributed by atoms with van der Waals surface area (Å²) in [4.78, 5) is 0.112. The molecule has 0 heterocycles. The summed E-state index contributed by atoms with van der Waals surface area (Å²) in [6.07, 6.45) is 0. The third kappa shape index (κ3) is 3.82. The highest BCUT2D eigenvalue weighted by Gasteiger charge is 2.06. The van der Waals surface area contributed by atoms with Crippen LogP contribution >= 0.6 is 15.9 Å². The largest absolute Gasteiger partial charge is 0.381 e. The summed E-state index contributed by atoms with van der Waals surface area (Å²) in [6.45, 7) is 2.70. The third-order valence-electron chi connectivity index (χ3n) is 2.92. The third-order valence-corrected chi connectivity index (χ3v) is 4.70. The van der Waals surface area contributed by atoms with E-state index in [2.05, 4.69) is 27.3 Å². The molecule has 6 heteroatoms. The highest BCUT2D eigenvalue weighted by Crippen LogP contribution is 2.19. The zero-order valence-electron chi connectivity index (χ0n) is 10.9. The fourth-order valence-electron chi connectivity index (χ4n) is 1.71. The molecule has 0 bridgehead atoms. The van der Waals surface area contributed by atoms with E-state index in [0.717, 1.165) is 15.7 Å². The number of anilines is 1. The quantitative estimate of drug-likeness (QED) is 0.886. The van der Waals surface area contributed by atoms with Crippen LogP contribution in [0.4, 0.5) is 5.69 Å². The van der Waals surface area contributed by atoms with E-state index < -0.39 is 10.0 Å². The number of nitrogens with one attached hydrogen (secondary N) is 1. The highest BCUT2D eigenvalue weighted by molar-refractivity contribution is 9.10. The number of aryl methyl sites for hydroxylation is 1. The Bertz CT molecular complexity index is 712. The van der Waals surface area contributed by atoms with Gasteiger partial charge in [0, 0.05) is 16.7 Å². The van der Waals surface area contributed by atoms with Gasteiger partial charge in [-0.1, -0.05) is 28.1 Å². The molecule has 4 nitrogen and oxygen atoms in total. The van der Waals surface area contributed by atoms with Crippen LogP contribution < -0.4 is 10.5 Å². The van der Waals surface area contributed by atoms with Gasteiger partial charge in [-0.15, -0.1) is 0 Å². The zero-order valence-corrected chi connectivity index (χ0v) is 13.3. The van der Waals surface area contributed by atoms with Crippen molar-refractivity contribution in [1.29, 1.82) is 0 Å². The molecule has 2 aromatic carbocycles. The lowest BCUT2D eigenvalue weighted by Gasteiger charge is -2.08. The number of halogens is 1. The normalized spacial score (nSPS) is 11.3. The summed E-state index contributed by atoms with van der Waals surface area (Å²) >= 11 is 3.50. The molecule has 2 rings (SSSR count). The summed E-state index contributed by atoms with van der Waals surface area (Å²) in [5.74, 6) is 0. The first-order chi connectivity index (χ1) is 9.36. The second-order valence-corrected chi connectivity index (χ2v) is 6.92. The Morgan fingerprint density at radius 1 is 1.15 bits per heavy atom. The summed E-state index contributed by atoms with van der Waals surface area (Å²) < 4.78 is 23.4. The summed E-state index contributed by atoms with van der Waals surface area (Å²) in [5.41, 5.74) is 3.17. The number of nitrogens with two attached hydrogens (primary N) is 1. The Morgan fingerprint density at radius 2 is 1.80 bits per heavy atom. The Morgan fingerprint density at radius 3 is 2.35 bits per heavy atom. The lowest BCUT2D eigenvalue weighted by atomic mass is 10.1. The van der Waals surface area contributed by atoms with Gasteiger partial charge in [0.05, 0.1) is 4.90 Å². The second kappa shape index (κ2) is 5.95. The molecule has 0 saturated heterocycles. The van der Waals surface area contributed by atoms with Crippen LogP contribution in [-0.4, -0.2) is 8.42 Å². The monoisotopic (exact) mass is 354 g/mol. The predicted octanol–water partition coefficient (Wildman–Crippen LogP) is 3.02. The van der Waals surface area contributed by atoms with E-state index in [1.54, 1.807) is 12.1 Å². The average molecular weight is 355 g/mol. The molecule has 0 atom stereocenters. The smallest absolute Gasteiger partial charge is 0.238 e. The molecule has 0 unspecified atom stereocenters. The molecular formula is C14H15BrN2O2S. The number of rotatable bonds is 4. The molecule has 3 N–H and O–H groups in total. The highest BCUT2D eigenvalue weighted by atomic mass is 79.9. The molecule has 0 aliphatic rings. The first kappa shape index (κ1) is 15.0. The minimum absolute atomic E-state index is 0.112. The second-order valence-electron chi connectivity index (χ2n) is 4.51. The summed E-state index contributed by atoms with van der Waals surface area (Å²) in [5, 5.41) is 8.28. The van der Waals surface area contributed by atoms with Crippen LogP contribution in [0.15, 0.2) is 51.8 Å². The molecular weight excluding hydrogens is 340 g/mol. The molecule has 0 radical (unpaired) electrons. The van der Waals surface area contributed by atoms with E-state index in [4.69, 9.17) is 5.14 Å². The average Bonchev–Trinajstić information content (AvgIpc) is 2.40. The SMILES string of the molecule is Cc1ccc(CNc2ccc(S(N)(=O)=O)cc2)cc1Br. The van der Waals surface area contributed by atoms with Crippen LogP contribution in [0.25, 0.3) is 0 Å². The van der Waals surface area contributed by atoms with Gasteiger partial charge in [-0.2, -0.15) is 0 Å². The maximum absolute atomic E-state index is 11.1. The standard InChI is InChI=1S/C14H15BrN2O2S/c1-10-2-3-11(8-14(10)15)9-17-12-4-6-13(7-5-12)20(16,18)19/h2-8,17H,9H2,1H3,(H2,16,18,19). The number of hydrogen-bond acceptors (Lipinski definition) is 3. The van der Waals surface area contributed by atoms with Crippen molar-refractivity contribution in [2.24, 2.45) is 5.14 Å². The Hall–Kier alpha value is -1.37. The maximum atomic E-state index is 11.1. The molecule has 20 heavy (non-hydrogen) atoms. The van der Waals surface area contributed by atoms with Gasteiger partial charge >= 0.3 is 0 Å². The van der Waals surface area contributed by atoms with Gasteiger partial charge in [-0.3, -0.25) is 0 Å². The van der Waals surface area contributed by atoms with E-state index in [1.165, 1.54) is 17.7 Å². The molecule has 0 fully saturated rings. The van der Waals surface area contributed by atoms with Crippen molar-refractivity contribution in [3.63, 3.8) is 0 Å². The fourth-order valence-corrected chi connectivity index (χ4v) is 2.65. The van der Waals surface area contributed by atoms with Crippen molar-refractivity contribution in [3.8, 4) is 0 Å². The number of primary sulfonamides is 1. The van der Waals surface area contributed by atoms with Crippen molar-refractivity contribution in [2.75, 3.05) is 5.32 Å². The Balaban J connectivity index is 2.06. The lowest BCUT2D eigenvalue weighted by Crippen LogP contribution is -2.12. The van der Waals surface area contributed by atoms with Crippen LogP contribution in [-0.2, 0) is 16.6 Å². The van der Waals surface area contributed by atoms with Crippen LogP contribution in [0, 0.1) is 6.92 Å². The Labute approximate surface area is 127 Å². The van der Waals surface area contributed by atoms with Crippen molar-refractivity contribution < 1.29 is 8.42 Å². The van der Waals surface area contributed by atoms with Gasteiger partial charge in [0.25, 0.3) is 0 Å². The van der Waals surface area contributed by atoms with E-state index in [1.807, 2.05) is 19.1 Å². The van der Waals surface area contributed by atoms with Gasteiger partial charge < -0.3 is 5.32 Å².